The minimum atomic E-state index is -1.31. The summed E-state index contributed by atoms with van der Waals surface area (Å²) in [7, 11) is 1.59. The zero-order chi connectivity index (χ0) is 22.2. The number of rotatable bonds is 5. The van der Waals surface area contributed by atoms with Gasteiger partial charge in [-0.05, 0) is 60.7 Å². The Kier molecular flexibility index (Phi) is 5.39. The first-order chi connectivity index (χ1) is 14.9. The number of halogens is 1. The van der Waals surface area contributed by atoms with Crippen molar-refractivity contribution in [2.24, 2.45) is 0 Å². The Morgan fingerprint density at radius 1 is 1.19 bits per heavy atom. The average Bonchev–Trinajstić information content (AvgIpc) is 3.03. The van der Waals surface area contributed by atoms with Crippen molar-refractivity contribution >= 4 is 23.5 Å². The van der Waals surface area contributed by atoms with Crippen molar-refractivity contribution in [3.8, 4) is 5.75 Å². The number of nitrogens with one attached hydrogen (secondary N) is 1. The number of ether oxygens (including phenoxy) is 1. The van der Waals surface area contributed by atoms with Crippen LogP contribution in [0.3, 0.4) is 0 Å². The highest BCUT2D eigenvalue weighted by atomic mass is 19.1. The second-order valence-electron chi connectivity index (χ2n) is 7.73. The van der Waals surface area contributed by atoms with Crippen molar-refractivity contribution in [1.29, 1.82) is 0 Å². The third kappa shape index (κ3) is 3.52. The summed E-state index contributed by atoms with van der Waals surface area (Å²) in [6.07, 6.45) is 1.88. The first kappa shape index (κ1) is 20.8. The van der Waals surface area contributed by atoms with Crippen LogP contribution in [0.15, 0.2) is 42.5 Å². The number of amides is 4. The van der Waals surface area contributed by atoms with Crippen LogP contribution in [0, 0.1) is 5.82 Å². The maximum atomic E-state index is 13.4. The maximum absolute atomic E-state index is 13.4. The van der Waals surface area contributed by atoms with Crippen LogP contribution >= 0.6 is 0 Å². The zero-order valence-corrected chi connectivity index (χ0v) is 17.5. The Labute approximate surface area is 179 Å². The van der Waals surface area contributed by atoms with Gasteiger partial charge in [0.2, 0.25) is 5.91 Å². The Morgan fingerprint density at radius 3 is 2.61 bits per heavy atom. The molecule has 0 radical (unpaired) electrons. The summed E-state index contributed by atoms with van der Waals surface area (Å²) in [6.45, 7) is 1.92. The van der Waals surface area contributed by atoms with Crippen molar-refractivity contribution in [1.82, 2.24) is 10.2 Å². The second-order valence-corrected chi connectivity index (χ2v) is 7.73. The molecule has 0 saturated carbocycles. The Balaban J connectivity index is 1.57. The fourth-order valence-corrected chi connectivity index (χ4v) is 4.32. The normalized spacial score (nSPS) is 20.5. The van der Waals surface area contributed by atoms with Crippen molar-refractivity contribution in [3.05, 3.63) is 59.4 Å². The van der Waals surface area contributed by atoms with Gasteiger partial charge in [-0.3, -0.25) is 14.5 Å². The molecule has 2 aliphatic rings. The predicted octanol–water partition coefficient (Wildman–Crippen LogP) is 2.97. The van der Waals surface area contributed by atoms with E-state index in [1.54, 1.807) is 25.0 Å². The largest absolute Gasteiger partial charge is 0.497 e. The molecule has 2 aromatic carbocycles. The highest BCUT2D eigenvalue weighted by molar-refractivity contribution is 6.10. The lowest BCUT2D eigenvalue weighted by Gasteiger charge is -2.31. The standard InChI is InChI=1S/C23H24FN3O4/c1-3-23(16-6-8-17(24)9-7-16)21(29)27(22(30)25-23)14-20(28)26-12-4-5-15-13-18(31-2)10-11-19(15)26/h6-11,13H,3-5,12,14H2,1-2H3,(H,25,30). The van der Waals surface area contributed by atoms with E-state index in [-0.39, 0.29) is 18.9 Å². The highest BCUT2D eigenvalue weighted by Crippen LogP contribution is 2.34. The summed E-state index contributed by atoms with van der Waals surface area (Å²) < 4.78 is 18.6. The topological polar surface area (TPSA) is 79.0 Å². The van der Waals surface area contributed by atoms with Crippen LogP contribution in [0.2, 0.25) is 0 Å². The molecule has 2 aromatic rings. The van der Waals surface area contributed by atoms with E-state index in [1.165, 1.54) is 24.3 Å². The average molecular weight is 425 g/mol. The summed E-state index contributed by atoms with van der Waals surface area (Å²) in [5.74, 6) is -0.555. The van der Waals surface area contributed by atoms with E-state index in [0.717, 1.165) is 29.0 Å². The molecule has 8 heteroatoms. The van der Waals surface area contributed by atoms with Gasteiger partial charge in [-0.2, -0.15) is 0 Å². The number of fused-ring (bicyclic) bond motifs is 1. The molecular weight excluding hydrogens is 401 g/mol. The molecule has 2 aliphatic heterocycles. The van der Waals surface area contributed by atoms with Gasteiger partial charge in [-0.25, -0.2) is 9.18 Å². The number of aryl methyl sites for hydroxylation is 1. The van der Waals surface area contributed by atoms with E-state index >= 15 is 0 Å². The first-order valence-corrected chi connectivity index (χ1v) is 10.3. The second kappa shape index (κ2) is 8.02. The summed E-state index contributed by atoms with van der Waals surface area (Å²) >= 11 is 0. The highest BCUT2D eigenvalue weighted by Gasteiger charge is 2.52. The van der Waals surface area contributed by atoms with Gasteiger partial charge in [0.25, 0.3) is 5.91 Å². The summed E-state index contributed by atoms with van der Waals surface area (Å²) in [4.78, 5) is 41.6. The number of hydrogen-bond donors (Lipinski definition) is 1. The molecule has 0 aliphatic carbocycles. The van der Waals surface area contributed by atoms with Gasteiger partial charge >= 0.3 is 6.03 Å². The van der Waals surface area contributed by atoms with Crippen molar-refractivity contribution in [3.63, 3.8) is 0 Å². The van der Waals surface area contributed by atoms with Gasteiger partial charge in [0.05, 0.1) is 7.11 Å². The van der Waals surface area contributed by atoms with E-state index < -0.39 is 23.3 Å². The SMILES string of the molecule is CCC1(c2ccc(F)cc2)NC(=O)N(CC(=O)N2CCCc3cc(OC)ccc32)C1=O. The number of carbonyl (C=O) groups excluding carboxylic acids is 3. The Morgan fingerprint density at radius 2 is 1.94 bits per heavy atom. The van der Waals surface area contributed by atoms with E-state index in [4.69, 9.17) is 4.74 Å². The van der Waals surface area contributed by atoms with Crippen molar-refractivity contribution in [2.75, 3.05) is 25.1 Å². The van der Waals surface area contributed by atoms with Crippen LogP contribution in [0.25, 0.3) is 0 Å². The van der Waals surface area contributed by atoms with Crippen LogP contribution in [-0.2, 0) is 21.5 Å². The number of hydrogen-bond acceptors (Lipinski definition) is 4. The number of carbonyl (C=O) groups is 3. The Hall–Kier alpha value is -3.42. The van der Waals surface area contributed by atoms with Crippen LogP contribution in [0.4, 0.5) is 14.9 Å². The molecule has 162 valence electrons. The molecule has 1 saturated heterocycles. The molecule has 4 amide bonds. The molecule has 7 nitrogen and oxygen atoms in total. The first-order valence-electron chi connectivity index (χ1n) is 10.3. The lowest BCUT2D eigenvalue weighted by Crippen LogP contribution is -2.46. The zero-order valence-electron chi connectivity index (χ0n) is 17.5. The van der Waals surface area contributed by atoms with Gasteiger partial charge in [0, 0.05) is 12.2 Å². The number of imide groups is 1. The smallest absolute Gasteiger partial charge is 0.325 e. The molecule has 31 heavy (non-hydrogen) atoms. The predicted molar refractivity (Wildman–Crippen MR) is 112 cm³/mol. The number of nitrogens with zero attached hydrogens (tertiary/aromatic N) is 2. The van der Waals surface area contributed by atoms with Crippen molar-refractivity contribution in [2.45, 2.75) is 31.7 Å². The molecular formula is C23H24FN3O4. The lowest BCUT2D eigenvalue weighted by molar-refractivity contribution is -0.134. The summed E-state index contributed by atoms with van der Waals surface area (Å²) in [6, 6.07) is 10.3. The molecule has 1 unspecified atom stereocenters. The summed E-state index contributed by atoms with van der Waals surface area (Å²) in [5.41, 5.74) is 0.938. The van der Waals surface area contributed by atoms with Crippen LogP contribution in [-0.4, -0.2) is 42.9 Å². The molecule has 4 rings (SSSR count). The minimum Gasteiger partial charge on any atom is -0.497 e. The molecule has 1 atom stereocenters. The lowest BCUT2D eigenvalue weighted by atomic mass is 9.87. The number of urea groups is 1. The van der Waals surface area contributed by atoms with Gasteiger partial charge in [-0.15, -0.1) is 0 Å². The van der Waals surface area contributed by atoms with E-state index in [0.29, 0.717) is 17.9 Å². The Bertz CT molecular complexity index is 1040. The molecule has 2 heterocycles. The molecule has 0 aromatic heterocycles. The molecule has 1 N–H and O–H groups in total. The van der Waals surface area contributed by atoms with Gasteiger partial charge in [0.15, 0.2) is 0 Å². The van der Waals surface area contributed by atoms with Crippen LogP contribution in [0.5, 0.6) is 5.75 Å². The molecule has 0 spiro atoms. The van der Waals surface area contributed by atoms with Crippen molar-refractivity contribution < 1.29 is 23.5 Å². The minimum absolute atomic E-state index is 0.278. The fourth-order valence-electron chi connectivity index (χ4n) is 4.32. The summed E-state index contributed by atoms with van der Waals surface area (Å²) in [5, 5.41) is 2.72. The number of benzene rings is 2. The van der Waals surface area contributed by atoms with Crippen LogP contribution < -0.4 is 15.0 Å². The number of methoxy groups -OCH3 is 1. The fraction of sp³-hybridized carbons (Fsp3) is 0.348. The van der Waals surface area contributed by atoms with E-state index in [1.807, 2.05) is 12.1 Å². The van der Waals surface area contributed by atoms with Gasteiger partial charge < -0.3 is 15.0 Å². The van der Waals surface area contributed by atoms with Gasteiger partial charge in [0.1, 0.15) is 23.7 Å². The van der Waals surface area contributed by atoms with E-state index in [2.05, 4.69) is 5.32 Å². The molecule has 1 fully saturated rings. The maximum Gasteiger partial charge on any atom is 0.325 e. The van der Waals surface area contributed by atoms with Crippen LogP contribution in [0.1, 0.15) is 30.9 Å². The third-order valence-corrected chi connectivity index (χ3v) is 6.04. The molecule has 0 bridgehead atoms. The third-order valence-electron chi connectivity index (χ3n) is 6.04. The quantitative estimate of drug-likeness (QED) is 0.747. The van der Waals surface area contributed by atoms with E-state index in [9.17, 15) is 18.8 Å². The van der Waals surface area contributed by atoms with Gasteiger partial charge in [-0.1, -0.05) is 19.1 Å². The number of anilines is 1. The monoisotopic (exact) mass is 425 g/mol.